The van der Waals surface area contributed by atoms with Crippen LogP contribution < -0.4 is 19.7 Å². The highest BCUT2D eigenvalue weighted by molar-refractivity contribution is 5.38. The first kappa shape index (κ1) is 17.3. The second-order valence-corrected chi connectivity index (χ2v) is 6.30. The number of piperazine rings is 1. The van der Waals surface area contributed by atoms with Gasteiger partial charge in [-0.2, -0.15) is 4.98 Å². The molecule has 1 aliphatic rings. The van der Waals surface area contributed by atoms with E-state index < -0.39 is 0 Å². The van der Waals surface area contributed by atoms with E-state index in [2.05, 4.69) is 20.2 Å². The van der Waals surface area contributed by atoms with Crippen LogP contribution in [0.5, 0.6) is 17.4 Å². The van der Waals surface area contributed by atoms with E-state index >= 15 is 0 Å². The number of hydrogen-bond donors (Lipinski definition) is 1. The van der Waals surface area contributed by atoms with Crippen LogP contribution in [0.4, 0.5) is 5.82 Å². The first-order valence-corrected chi connectivity index (χ1v) is 9.09. The fourth-order valence-corrected chi connectivity index (χ4v) is 2.93. The van der Waals surface area contributed by atoms with Crippen LogP contribution in [0.15, 0.2) is 67.0 Å². The Morgan fingerprint density at radius 1 is 0.926 bits per heavy atom. The number of ether oxygens (including phenoxy) is 2. The zero-order valence-corrected chi connectivity index (χ0v) is 15.0. The minimum absolute atomic E-state index is 0.408. The summed E-state index contributed by atoms with van der Waals surface area (Å²) in [6, 6.07) is 17.6. The Hall–Kier alpha value is -3.12. The molecule has 6 nitrogen and oxygen atoms in total. The average Bonchev–Trinajstić information content (AvgIpc) is 2.74. The normalized spacial score (nSPS) is 14.0. The molecule has 2 heterocycles. The molecule has 0 atom stereocenters. The second kappa shape index (κ2) is 8.51. The standard InChI is InChI=1S/C21H22N4O2/c1-2-6-18(7-3-1)27-19-8-4-5-17(13-19)16-26-21-15-23-14-20(24-21)25-11-9-22-10-12-25/h1-8,13-15,22H,9-12,16H2. The summed E-state index contributed by atoms with van der Waals surface area (Å²) >= 11 is 0. The Bertz CT molecular complexity index is 867. The topological polar surface area (TPSA) is 59.5 Å². The van der Waals surface area contributed by atoms with Crippen LogP contribution in [0.2, 0.25) is 0 Å². The highest BCUT2D eigenvalue weighted by Crippen LogP contribution is 2.22. The highest BCUT2D eigenvalue weighted by Gasteiger charge is 2.12. The molecule has 2 aromatic carbocycles. The van der Waals surface area contributed by atoms with E-state index in [1.165, 1.54) is 0 Å². The van der Waals surface area contributed by atoms with E-state index in [4.69, 9.17) is 9.47 Å². The van der Waals surface area contributed by atoms with Crippen LogP contribution in [0.1, 0.15) is 5.56 Å². The molecular weight excluding hydrogens is 340 g/mol. The molecule has 0 unspecified atom stereocenters. The number of aromatic nitrogens is 2. The highest BCUT2D eigenvalue weighted by atomic mass is 16.5. The summed E-state index contributed by atoms with van der Waals surface area (Å²) < 4.78 is 11.7. The van der Waals surface area contributed by atoms with Gasteiger partial charge in [-0.15, -0.1) is 0 Å². The van der Waals surface area contributed by atoms with Crippen molar-refractivity contribution >= 4 is 5.82 Å². The lowest BCUT2D eigenvalue weighted by molar-refractivity contribution is 0.292. The third-order valence-corrected chi connectivity index (χ3v) is 4.30. The van der Waals surface area contributed by atoms with Crippen molar-refractivity contribution in [3.63, 3.8) is 0 Å². The van der Waals surface area contributed by atoms with Gasteiger partial charge in [-0.3, -0.25) is 4.98 Å². The average molecular weight is 362 g/mol. The quantitative estimate of drug-likeness (QED) is 0.726. The molecule has 1 saturated heterocycles. The van der Waals surface area contributed by atoms with Crippen molar-refractivity contribution in [3.05, 3.63) is 72.6 Å². The first-order chi connectivity index (χ1) is 13.4. The fourth-order valence-electron chi connectivity index (χ4n) is 2.93. The smallest absolute Gasteiger partial charge is 0.234 e. The fraction of sp³-hybridized carbons (Fsp3) is 0.238. The molecule has 3 aromatic rings. The predicted molar refractivity (Wildman–Crippen MR) is 104 cm³/mol. The summed E-state index contributed by atoms with van der Waals surface area (Å²) in [6.07, 6.45) is 3.43. The lowest BCUT2D eigenvalue weighted by Gasteiger charge is -2.28. The molecule has 0 bridgehead atoms. The van der Waals surface area contributed by atoms with Crippen LogP contribution in [0, 0.1) is 0 Å². The minimum atomic E-state index is 0.408. The third kappa shape index (κ3) is 4.74. The number of benzene rings is 2. The van der Waals surface area contributed by atoms with Crippen LogP contribution >= 0.6 is 0 Å². The SMILES string of the molecule is c1ccc(Oc2cccc(COc3cncc(N4CCNCC4)n3)c2)cc1. The van der Waals surface area contributed by atoms with Gasteiger partial charge in [-0.05, 0) is 29.8 Å². The molecule has 1 aromatic heterocycles. The molecule has 0 amide bonds. The van der Waals surface area contributed by atoms with Crippen LogP contribution in [-0.2, 0) is 6.61 Å². The van der Waals surface area contributed by atoms with Crippen molar-refractivity contribution < 1.29 is 9.47 Å². The molecule has 1 N–H and O–H groups in total. The maximum atomic E-state index is 5.87. The van der Waals surface area contributed by atoms with Gasteiger partial charge < -0.3 is 19.7 Å². The minimum Gasteiger partial charge on any atom is -0.472 e. The summed E-state index contributed by atoms with van der Waals surface area (Å²) in [5, 5.41) is 3.34. The number of hydrogen-bond acceptors (Lipinski definition) is 6. The second-order valence-electron chi connectivity index (χ2n) is 6.30. The van der Waals surface area contributed by atoms with E-state index in [0.717, 1.165) is 49.1 Å². The maximum Gasteiger partial charge on any atom is 0.234 e. The van der Waals surface area contributed by atoms with Crippen molar-refractivity contribution in [3.8, 4) is 17.4 Å². The molecule has 0 aliphatic carbocycles. The predicted octanol–water partition coefficient (Wildman–Crippen LogP) is 3.26. The van der Waals surface area contributed by atoms with E-state index in [1.54, 1.807) is 12.4 Å². The molecule has 1 aliphatic heterocycles. The van der Waals surface area contributed by atoms with Crippen LogP contribution in [0.3, 0.4) is 0 Å². The molecule has 6 heteroatoms. The van der Waals surface area contributed by atoms with E-state index in [1.807, 2.05) is 54.6 Å². The molecule has 138 valence electrons. The van der Waals surface area contributed by atoms with Gasteiger partial charge in [0.1, 0.15) is 18.1 Å². The van der Waals surface area contributed by atoms with Crippen molar-refractivity contribution in [1.82, 2.24) is 15.3 Å². The summed E-state index contributed by atoms with van der Waals surface area (Å²) in [5.74, 6) is 2.98. The Morgan fingerprint density at radius 3 is 2.59 bits per heavy atom. The van der Waals surface area contributed by atoms with Gasteiger partial charge in [-0.25, -0.2) is 0 Å². The molecule has 4 rings (SSSR count). The molecular formula is C21H22N4O2. The van der Waals surface area contributed by atoms with Crippen molar-refractivity contribution in [2.24, 2.45) is 0 Å². The zero-order valence-electron chi connectivity index (χ0n) is 15.0. The van der Waals surface area contributed by atoms with Gasteiger partial charge in [0, 0.05) is 26.2 Å². The van der Waals surface area contributed by atoms with E-state index in [9.17, 15) is 0 Å². The van der Waals surface area contributed by atoms with Crippen molar-refractivity contribution in [2.45, 2.75) is 6.61 Å². The monoisotopic (exact) mass is 362 g/mol. The van der Waals surface area contributed by atoms with Crippen molar-refractivity contribution in [1.29, 1.82) is 0 Å². The Balaban J connectivity index is 1.39. The first-order valence-electron chi connectivity index (χ1n) is 9.09. The van der Waals surface area contributed by atoms with Gasteiger partial charge in [0.2, 0.25) is 5.88 Å². The number of nitrogens with zero attached hydrogens (tertiary/aromatic N) is 3. The van der Waals surface area contributed by atoms with E-state index in [0.29, 0.717) is 12.5 Å². The zero-order chi connectivity index (χ0) is 18.3. The lowest BCUT2D eigenvalue weighted by atomic mass is 10.2. The summed E-state index contributed by atoms with van der Waals surface area (Å²) in [7, 11) is 0. The lowest BCUT2D eigenvalue weighted by Crippen LogP contribution is -2.43. The molecule has 0 spiro atoms. The number of nitrogens with one attached hydrogen (secondary N) is 1. The molecule has 0 saturated carbocycles. The van der Waals surface area contributed by atoms with Gasteiger partial charge in [0.25, 0.3) is 0 Å². The molecule has 0 radical (unpaired) electrons. The number of para-hydroxylation sites is 1. The largest absolute Gasteiger partial charge is 0.472 e. The van der Waals surface area contributed by atoms with Crippen LogP contribution in [0.25, 0.3) is 0 Å². The Kier molecular flexibility index (Phi) is 5.45. The number of anilines is 1. The maximum absolute atomic E-state index is 5.87. The van der Waals surface area contributed by atoms with Gasteiger partial charge >= 0.3 is 0 Å². The summed E-state index contributed by atoms with van der Waals surface area (Å²) in [6.45, 7) is 4.18. The third-order valence-electron chi connectivity index (χ3n) is 4.30. The summed E-state index contributed by atoms with van der Waals surface area (Å²) in [4.78, 5) is 11.1. The number of rotatable bonds is 6. The van der Waals surface area contributed by atoms with Gasteiger partial charge in [0.15, 0.2) is 5.82 Å². The van der Waals surface area contributed by atoms with E-state index in [-0.39, 0.29) is 0 Å². The Morgan fingerprint density at radius 2 is 1.74 bits per heavy atom. The molecule has 1 fully saturated rings. The Labute approximate surface area is 158 Å². The molecule has 27 heavy (non-hydrogen) atoms. The summed E-state index contributed by atoms with van der Waals surface area (Å²) in [5.41, 5.74) is 1.01. The van der Waals surface area contributed by atoms with Gasteiger partial charge in [-0.1, -0.05) is 30.3 Å². The van der Waals surface area contributed by atoms with Gasteiger partial charge in [0.05, 0.1) is 12.4 Å². The van der Waals surface area contributed by atoms with Crippen LogP contribution in [-0.4, -0.2) is 36.1 Å². The van der Waals surface area contributed by atoms with Crippen molar-refractivity contribution in [2.75, 3.05) is 31.1 Å².